The fourth-order valence-electron chi connectivity index (χ4n) is 2.33. The van der Waals surface area contributed by atoms with E-state index in [-0.39, 0.29) is 5.91 Å². The third-order valence-electron chi connectivity index (χ3n) is 3.89. The SMILES string of the molecule is Cc1ccc(COc2ccc(C=NNC(=O)c3ccc(Br)cc3)cc2)cc1. The van der Waals surface area contributed by atoms with E-state index in [0.717, 1.165) is 21.3 Å². The lowest BCUT2D eigenvalue weighted by Gasteiger charge is -2.07. The minimum atomic E-state index is -0.253. The summed E-state index contributed by atoms with van der Waals surface area (Å²) in [5, 5.41) is 3.99. The fourth-order valence-corrected chi connectivity index (χ4v) is 2.60. The highest BCUT2D eigenvalue weighted by atomic mass is 79.9. The average molecular weight is 423 g/mol. The molecule has 0 saturated carbocycles. The molecule has 1 amide bonds. The maximum Gasteiger partial charge on any atom is 0.271 e. The average Bonchev–Trinajstić information content (AvgIpc) is 2.69. The number of amides is 1. The first-order valence-electron chi connectivity index (χ1n) is 8.47. The molecule has 5 heteroatoms. The predicted octanol–water partition coefficient (Wildman–Crippen LogP) is 5.10. The van der Waals surface area contributed by atoms with Gasteiger partial charge in [0.05, 0.1) is 6.21 Å². The summed E-state index contributed by atoms with van der Waals surface area (Å²) in [6.45, 7) is 2.59. The Labute approximate surface area is 167 Å². The van der Waals surface area contributed by atoms with Crippen LogP contribution >= 0.6 is 15.9 Å². The molecule has 0 aromatic heterocycles. The summed E-state index contributed by atoms with van der Waals surface area (Å²) < 4.78 is 6.70. The molecule has 0 unspecified atom stereocenters. The molecule has 0 aliphatic rings. The third-order valence-corrected chi connectivity index (χ3v) is 4.42. The van der Waals surface area contributed by atoms with Crippen LogP contribution in [-0.2, 0) is 6.61 Å². The Bertz CT molecular complexity index is 918. The van der Waals surface area contributed by atoms with Crippen LogP contribution in [0.15, 0.2) is 82.4 Å². The number of hydrogen-bond donors (Lipinski definition) is 1. The van der Waals surface area contributed by atoms with E-state index in [1.165, 1.54) is 5.56 Å². The summed E-state index contributed by atoms with van der Waals surface area (Å²) in [6, 6.07) is 22.9. The van der Waals surface area contributed by atoms with Gasteiger partial charge in [-0.1, -0.05) is 45.8 Å². The molecular weight excluding hydrogens is 404 g/mol. The van der Waals surface area contributed by atoms with Gasteiger partial charge in [0, 0.05) is 10.0 Å². The first-order chi connectivity index (χ1) is 13.1. The van der Waals surface area contributed by atoms with Crippen molar-refractivity contribution < 1.29 is 9.53 Å². The van der Waals surface area contributed by atoms with Crippen molar-refractivity contribution in [2.45, 2.75) is 13.5 Å². The number of hydrogen-bond acceptors (Lipinski definition) is 3. The molecule has 0 saturated heterocycles. The lowest BCUT2D eigenvalue weighted by Crippen LogP contribution is -2.17. The van der Waals surface area contributed by atoms with Crippen LogP contribution in [-0.4, -0.2) is 12.1 Å². The number of ether oxygens (including phenoxy) is 1. The Kier molecular flexibility index (Phi) is 6.39. The number of hydrazone groups is 1. The summed E-state index contributed by atoms with van der Waals surface area (Å²) in [5.74, 6) is 0.531. The van der Waals surface area contributed by atoms with E-state index in [1.807, 2.05) is 36.4 Å². The summed E-state index contributed by atoms with van der Waals surface area (Å²) >= 11 is 3.34. The second-order valence-electron chi connectivity index (χ2n) is 6.05. The highest BCUT2D eigenvalue weighted by Gasteiger charge is 2.03. The van der Waals surface area contributed by atoms with E-state index in [4.69, 9.17) is 4.74 Å². The minimum absolute atomic E-state index is 0.253. The zero-order chi connectivity index (χ0) is 19.1. The number of benzene rings is 3. The molecule has 0 radical (unpaired) electrons. The van der Waals surface area contributed by atoms with E-state index in [9.17, 15) is 4.79 Å². The van der Waals surface area contributed by atoms with Gasteiger partial charge < -0.3 is 4.74 Å². The van der Waals surface area contributed by atoms with E-state index >= 15 is 0 Å². The highest BCUT2D eigenvalue weighted by molar-refractivity contribution is 9.10. The van der Waals surface area contributed by atoms with Gasteiger partial charge in [0.25, 0.3) is 5.91 Å². The van der Waals surface area contributed by atoms with Crippen molar-refractivity contribution in [3.63, 3.8) is 0 Å². The minimum Gasteiger partial charge on any atom is -0.489 e. The summed E-state index contributed by atoms with van der Waals surface area (Å²) in [5.41, 5.74) is 6.29. The number of nitrogens with zero attached hydrogens (tertiary/aromatic N) is 1. The lowest BCUT2D eigenvalue weighted by molar-refractivity contribution is 0.0955. The van der Waals surface area contributed by atoms with Crippen molar-refractivity contribution in [1.82, 2.24) is 5.43 Å². The molecule has 3 aromatic rings. The molecule has 136 valence electrons. The van der Waals surface area contributed by atoms with Crippen molar-refractivity contribution in [2.75, 3.05) is 0 Å². The zero-order valence-electron chi connectivity index (χ0n) is 14.9. The van der Waals surface area contributed by atoms with Crippen molar-refractivity contribution in [3.05, 3.63) is 99.5 Å². The molecule has 3 aromatic carbocycles. The van der Waals surface area contributed by atoms with Crippen LogP contribution in [0.2, 0.25) is 0 Å². The first-order valence-corrected chi connectivity index (χ1v) is 9.27. The van der Waals surface area contributed by atoms with Gasteiger partial charge in [-0.05, 0) is 66.6 Å². The maximum atomic E-state index is 12.0. The maximum absolute atomic E-state index is 12.0. The number of carbonyl (C=O) groups is 1. The first kappa shape index (κ1) is 18.9. The molecule has 0 atom stereocenters. The van der Waals surface area contributed by atoms with E-state index in [0.29, 0.717) is 12.2 Å². The molecule has 0 aliphatic heterocycles. The third kappa shape index (κ3) is 5.79. The smallest absolute Gasteiger partial charge is 0.271 e. The van der Waals surface area contributed by atoms with Crippen LogP contribution in [0.5, 0.6) is 5.75 Å². The molecule has 3 rings (SSSR count). The normalized spacial score (nSPS) is 10.7. The monoisotopic (exact) mass is 422 g/mol. The van der Waals surface area contributed by atoms with Crippen LogP contribution in [0, 0.1) is 6.92 Å². The molecule has 0 spiro atoms. The summed E-state index contributed by atoms with van der Waals surface area (Å²) in [7, 11) is 0. The second kappa shape index (κ2) is 9.14. The van der Waals surface area contributed by atoms with Gasteiger partial charge in [-0.25, -0.2) is 5.43 Å². The van der Waals surface area contributed by atoms with E-state index < -0.39 is 0 Å². The van der Waals surface area contributed by atoms with Gasteiger partial charge in [0.2, 0.25) is 0 Å². The van der Waals surface area contributed by atoms with Gasteiger partial charge in [-0.3, -0.25) is 4.79 Å². The molecule has 1 N–H and O–H groups in total. The van der Waals surface area contributed by atoms with E-state index in [1.54, 1.807) is 18.3 Å². The van der Waals surface area contributed by atoms with Gasteiger partial charge >= 0.3 is 0 Å². The standard InChI is InChI=1S/C22H19BrN2O2/c1-16-2-4-18(5-3-16)15-27-21-12-6-17(7-13-21)14-24-25-22(26)19-8-10-20(23)11-9-19/h2-14H,15H2,1H3,(H,25,26). The Hall–Kier alpha value is -2.92. The molecule has 27 heavy (non-hydrogen) atoms. The summed E-state index contributed by atoms with van der Waals surface area (Å²) in [4.78, 5) is 12.0. The second-order valence-corrected chi connectivity index (χ2v) is 6.97. The largest absolute Gasteiger partial charge is 0.489 e. The quantitative estimate of drug-likeness (QED) is 0.443. The van der Waals surface area contributed by atoms with Gasteiger partial charge in [-0.15, -0.1) is 0 Å². The number of aryl methyl sites for hydroxylation is 1. The Balaban J connectivity index is 1.50. The Morgan fingerprint density at radius 2 is 1.67 bits per heavy atom. The number of carbonyl (C=O) groups excluding carboxylic acids is 1. The molecular formula is C22H19BrN2O2. The molecule has 4 nitrogen and oxygen atoms in total. The van der Waals surface area contributed by atoms with Gasteiger partial charge in [-0.2, -0.15) is 5.10 Å². The van der Waals surface area contributed by atoms with Crippen LogP contribution in [0.4, 0.5) is 0 Å². The van der Waals surface area contributed by atoms with Crippen LogP contribution < -0.4 is 10.2 Å². The molecule has 0 fully saturated rings. The number of halogens is 1. The number of rotatable bonds is 6. The summed E-state index contributed by atoms with van der Waals surface area (Å²) in [6.07, 6.45) is 1.60. The van der Waals surface area contributed by atoms with Crippen molar-refractivity contribution in [2.24, 2.45) is 5.10 Å². The Morgan fingerprint density at radius 3 is 2.33 bits per heavy atom. The van der Waals surface area contributed by atoms with Crippen molar-refractivity contribution in [3.8, 4) is 5.75 Å². The zero-order valence-corrected chi connectivity index (χ0v) is 16.4. The lowest BCUT2D eigenvalue weighted by atomic mass is 10.2. The number of nitrogens with one attached hydrogen (secondary N) is 1. The molecule has 0 heterocycles. The van der Waals surface area contributed by atoms with Crippen LogP contribution in [0.3, 0.4) is 0 Å². The van der Waals surface area contributed by atoms with Gasteiger partial charge in [0.1, 0.15) is 12.4 Å². The van der Waals surface area contributed by atoms with Crippen LogP contribution in [0.25, 0.3) is 0 Å². The van der Waals surface area contributed by atoms with Crippen molar-refractivity contribution >= 4 is 28.1 Å². The molecule has 0 bridgehead atoms. The predicted molar refractivity (Wildman–Crippen MR) is 111 cm³/mol. The highest BCUT2D eigenvalue weighted by Crippen LogP contribution is 2.14. The fraction of sp³-hybridized carbons (Fsp3) is 0.0909. The van der Waals surface area contributed by atoms with Gasteiger partial charge in [0.15, 0.2) is 0 Å². The van der Waals surface area contributed by atoms with Crippen molar-refractivity contribution in [1.29, 1.82) is 0 Å². The molecule has 0 aliphatic carbocycles. The van der Waals surface area contributed by atoms with Crippen LogP contribution in [0.1, 0.15) is 27.0 Å². The Morgan fingerprint density at radius 1 is 1.00 bits per heavy atom. The van der Waals surface area contributed by atoms with E-state index in [2.05, 4.69) is 57.6 Å². The topological polar surface area (TPSA) is 50.7 Å².